The first-order valence-corrected chi connectivity index (χ1v) is 9.71. The highest BCUT2D eigenvalue weighted by atomic mass is 35.5. The van der Waals surface area contributed by atoms with Gasteiger partial charge in [0.05, 0.1) is 15.7 Å². The van der Waals surface area contributed by atoms with Gasteiger partial charge < -0.3 is 10.6 Å². The van der Waals surface area contributed by atoms with Gasteiger partial charge in [0.1, 0.15) is 5.82 Å². The van der Waals surface area contributed by atoms with Gasteiger partial charge in [0.25, 0.3) is 0 Å². The molecule has 1 aliphatic carbocycles. The molecule has 27 heavy (non-hydrogen) atoms. The summed E-state index contributed by atoms with van der Waals surface area (Å²) >= 11 is 12.1. The fourth-order valence-electron chi connectivity index (χ4n) is 3.22. The second-order valence-corrected chi connectivity index (χ2v) is 7.39. The highest BCUT2D eigenvalue weighted by molar-refractivity contribution is 6.42. The fraction of sp³-hybridized carbons (Fsp3) is 0.250. The number of benzene rings is 1. The molecule has 1 aromatic carbocycles. The Morgan fingerprint density at radius 1 is 0.889 bits per heavy atom. The predicted octanol–water partition coefficient (Wildman–Crippen LogP) is 5.94. The lowest BCUT2D eigenvalue weighted by Crippen LogP contribution is -2.17. The van der Waals surface area contributed by atoms with Crippen LogP contribution in [0.1, 0.15) is 25.7 Å². The molecule has 0 spiro atoms. The summed E-state index contributed by atoms with van der Waals surface area (Å²) in [6.07, 6.45) is 8.31. The van der Waals surface area contributed by atoms with E-state index in [4.69, 9.17) is 28.2 Å². The van der Waals surface area contributed by atoms with Gasteiger partial charge >= 0.3 is 0 Å². The van der Waals surface area contributed by atoms with Crippen LogP contribution in [0, 0.1) is 0 Å². The summed E-state index contributed by atoms with van der Waals surface area (Å²) in [7, 11) is 0. The zero-order chi connectivity index (χ0) is 18.6. The number of pyridine rings is 1. The smallest absolute Gasteiger partial charge is 0.225 e. The van der Waals surface area contributed by atoms with E-state index in [1.807, 2.05) is 24.3 Å². The topological polar surface area (TPSA) is 62.7 Å². The standard InChI is InChI=1S/C20H19Cl2N5/c21-16-6-5-15(11-17(16)22)24-19-12-18(13-7-9-23-10-8-13)26-20(27-19)25-14-3-1-2-4-14/h5-12,14H,1-4H2,(H2,24,25,26,27). The van der Waals surface area contributed by atoms with E-state index in [0.717, 1.165) is 29.8 Å². The SMILES string of the molecule is Clc1ccc(Nc2cc(-c3ccncc3)nc(NC3CCCC3)n2)cc1Cl. The molecule has 1 aliphatic rings. The summed E-state index contributed by atoms with van der Waals surface area (Å²) in [5, 5.41) is 7.78. The molecule has 1 fully saturated rings. The van der Waals surface area contributed by atoms with E-state index in [-0.39, 0.29) is 0 Å². The molecule has 2 aromatic heterocycles. The third-order valence-electron chi connectivity index (χ3n) is 4.58. The van der Waals surface area contributed by atoms with E-state index < -0.39 is 0 Å². The Morgan fingerprint density at radius 3 is 2.41 bits per heavy atom. The molecule has 7 heteroatoms. The first kappa shape index (κ1) is 18.0. The minimum absolute atomic E-state index is 0.426. The lowest BCUT2D eigenvalue weighted by Gasteiger charge is -2.15. The number of aromatic nitrogens is 3. The van der Waals surface area contributed by atoms with Crippen molar-refractivity contribution in [3.8, 4) is 11.3 Å². The first-order valence-electron chi connectivity index (χ1n) is 8.95. The Bertz CT molecular complexity index is 927. The lowest BCUT2D eigenvalue weighted by molar-refractivity contribution is 0.744. The summed E-state index contributed by atoms with van der Waals surface area (Å²) in [5.74, 6) is 1.31. The van der Waals surface area contributed by atoms with Gasteiger partial charge in [0.15, 0.2) is 0 Å². The fourth-order valence-corrected chi connectivity index (χ4v) is 3.52. The molecule has 3 aromatic rings. The monoisotopic (exact) mass is 399 g/mol. The van der Waals surface area contributed by atoms with E-state index in [2.05, 4.69) is 20.6 Å². The first-order chi connectivity index (χ1) is 13.2. The summed E-state index contributed by atoms with van der Waals surface area (Å²) in [4.78, 5) is 13.4. The molecule has 0 amide bonds. The molecule has 0 aliphatic heterocycles. The number of nitrogens with zero attached hydrogens (tertiary/aromatic N) is 3. The molecule has 5 nitrogen and oxygen atoms in total. The molecule has 0 bridgehead atoms. The van der Waals surface area contributed by atoms with Gasteiger partial charge in [-0.2, -0.15) is 4.98 Å². The average molecular weight is 400 g/mol. The summed E-state index contributed by atoms with van der Waals surface area (Å²) in [6.45, 7) is 0. The molecule has 0 radical (unpaired) electrons. The second kappa shape index (κ2) is 8.11. The average Bonchev–Trinajstić information content (AvgIpc) is 3.18. The highest BCUT2D eigenvalue weighted by Gasteiger charge is 2.17. The van der Waals surface area contributed by atoms with Crippen LogP contribution in [0.15, 0.2) is 48.8 Å². The summed E-state index contributed by atoms with van der Waals surface area (Å²) in [6, 6.07) is 11.6. The van der Waals surface area contributed by atoms with E-state index in [0.29, 0.717) is 27.9 Å². The Kier molecular flexibility index (Phi) is 5.41. The van der Waals surface area contributed by atoms with Crippen molar-refractivity contribution in [3.63, 3.8) is 0 Å². The van der Waals surface area contributed by atoms with Gasteiger partial charge in [-0.1, -0.05) is 36.0 Å². The quantitative estimate of drug-likeness (QED) is 0.555. The van der Waals surface area contributed by atoms with Crippen molar-refractivity contribution < 1.29 is 0 Å². The van der Waals surface area contributed by atoms with Crippen LogP contribution in [0.4, 0.5) is 17.5 Å². The number of anilines is 3. The maximum atomic E-state index is 6.13. The third kappa shape index (κ3) is 4.49. The van der Waals surface area contributed by atoms with Gasteiger partial charge in [-0.25, -0.2) is 4.98 Å². The van der Waals surface area contributed by atoms with E-state index in [1.165, 1.54) is 12.8 Å². The molecule has 1 saturated carbocycles. The summed E-state index contributed by atoms with van der Waals surface area (Å²) < 4.78 is 0. The third-order valence-corrected chi connectivity index (χ3v) is 5.32. The Hall–Kier alpha value is -2.37. The van der Waals surface area contributed by atoms with Crippen molar-refractivity contribution in [2.45, 2.75) is 31.7 Å². The van der Waals surface area contributed by atoms with Crippen LogP contribution in [-0.4, -0.2) is 21.0 Å². The number of nitrogens with one attached hydrogen (secondary N) is 2. The lowest BCUT2D eigenvalue weighted by atomic mass is 10.2. The van der Waals surface area contributed by atoms with Gasteiger partial charge in [0, 0.05) is 35.8 Å². The molecule has 2 heterocycles. The largest absolute Gasteiger partial charge is 0.351 e. The second-order valence-electron chi connectivity index (χ2n) is 6.58. The normalized spacial score (nSPS) is 14.3. The van der Waals surface area contributed by atoms with E-state index in [1.54, 1.807) is 24.5 Å². The van der Waals surface area contributed by atoms with Crippen molar-refractivity contribution in [1.82, 2.24) is 15.0 Å². The molecular weight excluding hydrogens is 381 g/mol. The minimum atomic E-state index is 0.426. The van der Waals surface area contributed by atoms with Crippen LogP contribution < -0.4 is 10.6 Å². The van der Waals surface area contributed by atoms with Crippen LogP contribution in [0.25, 0.3) is 11.3 Å². The van der Waals surface area contributed by atoms with Crippen molar-refractivity contribution in [2.75, 3.05) is 10.6 Å². The molecular formula is C20H19Cl2N5. The van der Waals surface area contributed by atoms with Crippen molar-refractivity contribution in [2.24, 2.45) is 0 Å². The van der Waals surface area contributed by atoms with Crippen LogP contribution in [0.2, 0.25) is 10.0 Å². The van der Waals surface area contributed by atoms with Crippen molar-refractivity contribution >= 4 is 40.7 Å². The molecule has 2 N–H and O–H groups in total. The number of hydrogen-bond donors (Lipinski definition) is 2. The van der Waals surface area contributed by atoms with Crippen molar-refractivity contribution in [1.29, 1.82) is 0 Å². The molecule has 138 valence electrons. The van der Waals surface area contributed by atoms with Crippen LogP contribution in [0.5, 0.6) is 0 Å². The number of rotatable bonds is 5. The number of halogens is 2. The zero-order valence-electron chi connectivity index (χ0n) is 14.6. The van der Waals surface area contributed by atoms with E-state index >= 15 is 0 Å². The molecule has 0 saturated heterocycles. The molecule has 4 rings (SSSR count). The molecule has 0 atom stereocenters. The maximum absolute atomic E-state index is 6.13. The van der Waals surface area contributed by atoms with Crippen LogP contribution >= 0.6 is 23.2 Å². The van der Waals surface area contributed by atoms with Gasteiger partial charge in [-0.05, 0) is 43.2 Å². The minimum Gasteiger partial charge on any atom is -0.351 e. The van der Waals surface area contributed by atoms with Gasteiger partial charge in [-0.3, -0.25) is 4.98 Å². The zero-order valence-corrected chi connectivity index (χ0v) is 16.1. The Morgan fingerprint density at radius 2 is 1.67 bits per heavy atom. The van der Waals surface area contributed by atoms with Gasteiger partial charge in [-0.15, -0.1) is 0 Å². The number of hydrogen-bond acceptors (Lipinski definition) is 5. The van der Waals surface area contributed by atoms with E-state index in [9.17, 15) is 0 Å². The Balaban J connectivity index is 1.67. The predicted molar refractivity (Wildman–Crippen MR) is 111 cm³/mol. The Labute approximate surface area is 168 Å². The van der Waals surface area contributed by atoms with Crippen LogP contribution in [-0.2, 0) is 0 Å². The maximum Gasteiger partial charge on any atom is 0.225 e. The summed E-state index contributed by atoms with van der Waals surface area (Å²) in [5.41, 5.74) is 2.63. The van der Waals surface area contributed by atoms with Crippen molar-refractivity contribution in [3.05, 3.63) is 58.8 Å². The van der Waals surface area contributed by atoms with Gasteiger partial charge in [0.2, 0.25) is 5.95 Å². The highest BCUT2D eigenvalue weighted by Crippen LogP contribution is 2.29. The molecule has 0 unspecified atom stereocenters. The van der Waals surface area contributed by atoms with Crippen LogP contribution in [0.3, 0.4) is 0 Å².